The van der Waals surface area contributed by atoms with Crippen LogP contribution in [0.25, 0.3) is 0 Å². The first-order chi connectivity index (χ1) is 5.59. The highest BCUT2D eigenvalue weighted by molar-refractivity contribution is 5.96. The van der Waals surface area contributed by atoms with E-state index in [1.54, 1.807) is 0 Å². The second-order valence-electron chi connectivity index (χ2n) is 2.11. The number of carbonyl (C=O) groups excluding carboxylic acids is 2. The minimum Gasteiger partial charge on any atom is -0.478 e. The molecule has 12 heavy (non-hydrogen) atoms. The minimum absolute atomic E-state index is 0.0691. The van der Waals surface area contributed by atoms with E-state index in [0.29, 0.717) is 6.26 Å². The Hall–Kier alpha value is -1.78. The molecule has 0 spiro atoms. The Morgan fingerprint density at radius 2 is 2.08 bits per heavy atom. The highest BCUT2D eigenvalue weighted by Crippen LogP contribution is 2.05. The molecule has 1 heterocycles. The summed E-state index contributed by atoms with van der Waals surface area (Å²) in [6.45, 7) is 1.38. The number of aliphatic hydroxyl groups excluding tert-OH is 1. The van der Waals surface area contributed by atoms with Gasteiger partial charge in [-0.1, -0.05) is 0 Å². The summed E-state index contributed by atoms with van der Waals surface area (Å²) in [6.07, 6.45) is 1.63. The summed E-state index contributed by atoms with van der Waals surface area (Å²) in [6, 6.07) is 0. The van der Waals surface area contributed by atoms with E-state index < -0.39 is 17.9 Å². The van der Waals surface area contributed by atoms with Gasteiger partial charge >= 0.3 is 17.9 Å². The first kappa shape index (κ1) is 8.32. The van der Waals surface area contributed by atoms with E-state index in [0.717, 1.165) is 6.08 Å². The van der Waals surface area contributed by atoms with Crippen LogP contribution in [0.15, 0.2) is 23.9 Å². The van der Waals surface area contributed by atoms with Crippen LogP contribution in [0.2, 0.25) is 0 Å². The van der Waals surface area contributed by atoms with Crippen LogP contribution in [0.5, 0.6) is 0 Å². The lowest BCUT2D eigenvalue weighted by Gasteiger charge is -2.05. The van der Waals surface area contributed by atoms with Gasteiger partial charge in [-0.2, -0.15) is 0 Å². The van der Waals surface area contributed by atoms with Crippen molar-refractivity contribution in [1.29, 1.82) is 0 Å². The number of esters is 2. The molecule has 0 saturated heterocycles. The number of aliphatic hydroxyl groups is 1. The fourth-order valence-electron chi connectivity index (χ4n) is 0.578. The van der Waals surface area contributed by atoms with Crippen LogP contribution in [0.4, 0.5) is 0 Å². The van der Waals surface area contributed by atoms with Gasteiger partial charge in [-0.3, -0.25) is 0 Å². The summed E-state index contributed by atoms with van der Waals surface area (Å²) in [7, 11) is 0. The Labute approximate surface area is 67.9 Å². The Bertz CT molecular complexity index is 286. The molecule has 1 aliphatic rings. The monoisotopic (exact) mass is 170 g/mol. The van der Waals surface area contributed by atoms with Crippen LogP contribution in [0.3, 0.4) is 0 Å². The van der Waals surface area contributed by atoms with E-state index in [1.807, 2.05) is 0 Å². The fourth-order valence-corrected chi connectivity index (χ4v) is 0.578. The molecule has 0 radical (unpaired) electrons. The number of hydrogen-bond donors (Lipinski definition) is 1. The van der Waals surface area contributed by atoms with Gasteiger partial charge in [0.2, 0.25) is 0 Å². The van der Waals surface area contributed by atoms with E-state index in [2.05, 4.69) is 9.47 Å². The lowest BCUT2D eigenvalue weighted by Crippen LogP contribution is -2.11. The van der Waals surface area contributed by atoms with Gasteiger partial charge in [0.05, 0.1) is 0 Å². The maximum Gasteiger partial charge on any atom is 0.341 e. The Kier molecular flexibility index (Phi) is 2.14. The number of carbonyl (C=O) groups is 2. The molecule has 1 rings (SSSR count). The third kappa shape index (κ3) is 1.85. The molecule has 0 aromatic heterocycles. The van der Waals surface area contributed by atoms with Crippen molar-refractivity contribution >= 4 is 11.9 Å². The van der Waals surface area contributed by atoms with Crippen molar-refractivity contribution in [3.63, 3.8) is 0 Å². The third-order valence-corrected chi connectivity index (χ3v) is 1.13. The maximum absolute atomic E-state index is 10.8. The van der Waals surface area contributed by atoms with Gasteiger partial charge in [0, 0.05) is 11.6 Å². The number of cyclic esters (lactones) is 2. The molecule has 1 aliphatic heterocycles. The average Bonchev–Trinajstić information content (AvgIpc) is 1.99. The predicted octanol–water partition coefficient (Wildman–Crippen LogP) is 0.390. The average molecular weight is 170 g/mol. The van der Waals surface area contributed by atoms with Crippen LogP contribution in [0, 0.1) is 0 Å². The zero-order chi connectivity index (χ0) is 9.14. The first-order valence-electron chi connectivity index (χ1n) is 3.10. The largest absolute Gasteiger partial charge is 0.478 e. The molecule has 5 heteroatoms. The Morgan fingerprint density at radius 1 is 1.42 bits per heavy atom. The van der Waals surface area contributed by atoms with Gasteiger partial charge < -0.3 is 14.6 Å². The summed E-state index contributed by atoms with van der Waals surface area (Å²) in [4.78, 5) is 21.5. The SMILES string of the molecule is C/C1=C/C(=O)O/C=C(/O)OC1=O. The second-order valence-corrected chi connectivity index (χ2v) is 2.11. The Balaban J connectivity index is 2.91. The first-order valence-corrected chi connectivity index (χ1v) is 3.10. The van der Waals surface area contributed by atoms with Gasteiger partial charge in [0.25, 0.3) is 0 Å². The molecular weight excluding hydrogens is 164 g/mol. The smallest absolute Gasteiger partial charge is 0.341 e. The fraction of sp³-hybridized carbons (Fsp3) is 0.143. The molecule has 64 valence electrons. The predicted molar refractivity (Wildman–Crippen MR) is 36.7 cm³/mol. The van der Waals surface area contributed by atoms with Crippen molar-refractivity contribution in [2.45, 2.75) is 6.92 Å². The molecule has 0 aromatic carbocycles. The Morgan fingerprint density at radius 3 is 2.75 bits per heavy atom. The van der Waals surface area contributed by atoms with E-state index in [9.17, 15) is 9.59 Å². The van der Waals surface area contributed by atoms with E-state index >= 15 is 0 Å². The number of ether oxygens (including phenoxy) is 2. The van der Waals surface area contributed by atoms with E-state index in [4.69, 9.17) is 5.11 Å². The summed E-state index contributed by atoms with van der Waals surface area (Å²) in [5.74, 6) is -2.24. The highest BCUT2D eigenvalue weighted by atomic mass is 16.6. The van der Waals surface area contributed by atoms with Crippen molar-refractivity contribution in [1.82, 2.24) is 0 Å². The van der Waals surface area contributed by atoms with Gasteiger partial charge in [-0.15, -0.1) is 0 Å². The molecule has 0 atom stereocenters. The summed E-state index contributed by atoms with van der Waals surface area (Å²) >= 11 is 0. The summed E-state index contributed by atoms with van der Waals surface area (Å²) in [5.41, 5.74) is 0.0691. The van der Waals surface area contributed by atoms with E-state index in [1.165, 1.54) is 6.92 Å². The van der Waals surface area contributed by atoms with Crippen LogP contribution in [-0.4, -0.2) is 17.0 Å². The van der Waals surface area contributed by atoms with Crippen molar-refractivity contribution in [3.05, 3.63) is 23.9 Å². The zero-order valence-corrected chi connectivity index (χ0v) is 6.23. The molecule has 0 unspecified atom stereocenters. The normalized spacial score (nSPS) is 26.8. The highest BCUT2D eigenvalue weighted by Gasteiger charge is 2.14. The van der Waals surface area contributed by atoms with Crippen molar-refractivity contribution in [3.8, 4) is 0 Å². The molecule has 0 bridgehead atoms. The molecule has 0 amide bonds. The molecule has 0 fully saturated rings. The maximum atomic E-state index is 10.8. The standard InChI is InChI=1S/C7H6O5/c1-4-2-5(8)11-3-6(9)12-7(4)10/h2-3,9H,1H3/b4-2-,6-3-. The van der Waals surface area contributed by atoms with Crippen LogP contribution in [-0.2, 0) is 19.1 Å². The van der Waals surface area contributed by atoms with Crippen LogP contribution in [0.1, 0.15) is 6.92 Å². The quantitative estimate of drug-likeness (QED) is 0.532. The van der Waals surface area contributed by atoms with Gasteiger partial charge in [0.1, 0.15) is 0 Å². The molecule has 0 aromatic rings. The molecule has 0 aliphatic carbocycles. The second kappa shape index (κ2) is 3.08. The topological polar surface area (TPSA) is 72.8 Å². The molecular formula is C7H6O5. The van der Waals surface area contributed by atoms with Gasteiger partial charge in [-0.25, -0.2) is 9.59 Å². The van der Waals surface area contributed by atoms with Crippen molar-refractivity contribution in [2.75, 3.05) is 0 Å². The lowest BCUT2D eigenvalue weighted by molar-refractivity contribution is -0.143. The molecule has 5 nitrogen and oxygen atoms in total. The van der Waals surface area contributed by atoms with Crippen LogP contribution < -0.4 is 0 Å². The summed E-state index contributed by atoms with van der Waals surface area (Å²) in [5, 5.41) is 8.73. The number of hydrogen-bond acceptors (Lipinski definition) is 5. The molecule has 1 N–H and O–H groups in total. The van der Waals surface area contributed by atoms with E-state index in [-0.39, 0.29) is 5.57 Å². The van der Waals surface area contributed by atoms with Crippen LogP contribution >= 0.6 is 0 Å². The van der Waals surface area contributed by atoms with Crippen molar-refractivity contribution in [2.24, 2.45) is 0 Å². The lowest BCUT2D eigenvalue weighted by atomic mass is 10.3. The minimum atomic E-state index is -0.777. The zero-order valence-electron chi connectivity index (χ0n) is 6.23. The summed E-state index contributed by atoms with van der Waals surface area (Å²) < 4.78 is 8.59. The number of rotatable bonds is 0. The molecule has 0 saturated carbocycles. The van der Waals surface area contributed by atoms with Gasteiger partial charge in [-0.05, 0) is 6.92 Å². The third-order valence-electron chi connectivity index (χ3n) is 1.13. The van der Waals surface area contributed by atoms with Gasteiger partial charge in [0.15, 0.2) is 6.26 Å². The van der Waals surface area contributed by atoms with Crippen molar-refractivity contribution < 1.29 is 24.2 Å².